The van der Waals surface area contributed by atoms with E-state index in [9.17, 15) is 21.0 Å². The van der Waals surface area contributed by atoms with Crippen molar-refractivity contribution in [2.24, 2.45) is 0 Å². The zero-order valence-electron chi connectivity index (χ0n) is 38.4. The molecule has 0 saturated carbocycles. The van der Waals surface area contributed by atoms with Gasteiger partial charge in [-0.15, -0.1) is 0 Å². The molecule has 0 atom stereocenters. The molecule has 0 unspecified atom stereocenters. The summed E-state index contributed by atoms with van der Waals surface area (Å²) in [6, 6.07) is 83.1. The number of fused-ring (bicyclic) bond motifs is 11. The minimum atomic E-state index is -0.970. The standard InChI is InChI=1S/C65H36N6O/c66-37-41-17-25-45(26-18-41)70(46-27-19-42(38-67)20-28-46)49-33-55-53-11-3-1-9-51(53)52-10-2-4-12-54(52)56-34-50(71(47-29-21-43(39-68)22-30-47)48-31-23-44(40-69)24-32-48)36-60-64(56)63(55)59(35-49)65(60)57-13-5-7-15-61(57)72-62-16-8-6-14-58(62)65/h1-36H. The molecule has 0 amide bonds. The van der Waals surface area contributed by atoms with Gasteiger partial charge >= 0.3 is 0 Å². The second-order valence-electron chi connectivity index (χ2n) is 18.1. The molecule has 7 heteroatoms. The van der Waals surface area contributed by atoms with Crippen LogP contribution in [0.25, 0.3) is 44.5 Å². The highest BCUT2D eigenvalue weighted by Crippen LogP contribution is 2.67. The van der Waals surface area contributed by atoms with Crippen molar-refractivity contribution in [3.8, 4) is 80.3 Å². The number of rotatable bonds is 6. The Morgan fingerprint density at radius 3 is 0.903 bits per heavy atom. The highest BCUT2D eigenvalue weighted by atomic mass is 16.5. The van der Waals surface area contributed by atoms with Gasteiger partial charge in [-0.3, -0.25) is 0 Å². The van der Waals surface area contributed by atoms with Crippen molar-refractivity contribution < 1.29 is 4.74 Å². The topological polar surface area (TPSA) is 111 Å². The summed E-state index contributed by atoms with van der Waals surface area (Å²) in [6.45, 7) is 0. The first-order chi connectivity index (χ1) is 35.5. The SMILES string of the molecule is N#Cc1ccc(N(c2ccc(C#N)cc2)c2cc3c4c(c2)C2(c5ccccc5Oc5ccccc52)c2cc(N(c5ccc(C#N)cc5)c5ccc(C#N)cc5)cc(c2-4)-c2ccccc2-c2ccccc2-3)cc1. The Hall–Kier alpha value is -10.4. The van der Waals surface area contributed by atoms with Gasteiger partial charge < -0.3 is 14.5 Å². The Bertz CT molecular complexity index is 3670. The third-order valence-corrected chi connectivity index (χ3v) is 14.4. The Balaban J connectivity index is 1.22. The van der Waals surface area contributed by atoms with E-state index in [1.54, 1.807) is 0 Å². The van der Waals surface area contributed by atoms with Crippen LogP contribution >= 0.6 is 0 Å². The summed E-state index contributed by atoms with van der Waals surface area (Å²) in [5.74, 6) is 1.49. The number of ether oxygens (including phenoxy) is 1. The van der Waals surface area contributed by atoms with E-state index in [0.717, 1.165) is 112 Å². The molecular formula is C65H36N6O. The first-order valence-electron chi connectivity index (χ1n) is 23.5. The van der Waals surface area contributed by atoms with E-state index in [1.165, 1.54) is 0 Å². The maximum atomic E-state index is 9.93. The molecule has 0 bridgehead atoms. The quantitative estimate of drug-likeness (QED) is 0.163. The molecule has 332 valence electrons. The van der Waals surface area contributed by atoms with Crippen molar-refractivity contribution in [3.63, 3.8) is 0 Å². The molecule has 72 heavy (non-hydrogen) atoms. The predicted molar refractivity (Wildman–Crippen MR) is 282 cm³/mol. The van der Waals surface area contributed by atoms with Crippen molar-refractivity contribution in [2.75, 3.05) is 9.80 Å². The third-order valence-electron chi connectivity index (χ3n) is 14.4. The van der Waals surface area contributed by atoms with Crippen LogP contribution in [0.3, 0.4) is 0 Å². The first-order valence-corrected chi connectivity index (χ1v) is 23.5. The number of anilines is 6. The van der Waals surface area contributed by atoms with Crippen LogP contribution in [0.4, 0.5) is 34.1 Å². The molecule has 1 aliphatic heterocycles. The number of nitrogens with zero attached hydrogens (tertiary/aromatic N) is 6. The average Bonchev–Trinajstić information content (AvgIpc) is 3.73. The molecule has 3 aliphatic rings. The molecule has 13 rings (SSSR count). The third kappa shape index (κ3) is 6.20. The van der Waals surface area contributed by atoms with Gasteiger partial charge in [0.05, 0.1) is 51.9 Å². The molecule has 1 heterocycles. The second kappa shape index (κ2) is 16.4. The van der Waals surface area contributed by atoms with Gasteiger partial charge in [-0.1, -0.05) is 84.9 Å². The van der Waals surface area contributed by atoms with Gasteiger partial charge in [0.2, 0.25) is 0 Å². The number of nitriles is 4. The molecule has 0 aromatic heterocycles. The monoisotopic (exact) mass is 916 g/mol. The molecule has 0 fully saturated rings. The Kier molecular flexibility index (Phi) is 9.49. The number of hydrogen-bond donors (Lipinski definition) is 0. The van der Waals surface area contributed by atoms with Gasteiger partial charge in [0.15, 0.2) is 0 Å². The summed E-state index contributed by atoms with van der Waals surface area (Å²) < 4.78 is 6.93. The highest BCUT2D eigenvalue weighted by Gasteiger charge is 2.53. The van der Waals surface area contributed by atoms with Gasteiger partial charge in [-0.2, -0.15) is 21.0 Å². The lowest BCUT2D eigenvalue weighted by Gasteiger charge is -2.40. The lowest BCUT2D eigenvalue weighted by atomic mass is 9.65. The zero-order chi connectivity index (χ0) is 48.5. The Morgan fingerprint density at radius 2 is 0.583 bits per heavy atom. The maximum absolute atomic E-state index is 9.93. The summed E-state index contributed by atoms with van der Waals surface area (Å²) in [6.07, 6.45) is 0. The lowest BCUT2D eigenvalue weighted by Crippen LogP contribution is -2.32. The average molecular weight is 917 g/mol. The van der Waals surface area contributed by atoms with E-state index >= 15 is 0 Å². The molecule has 7 nitrogen and oxygen atoms in total. The van der Waals surface area contributed by atoms with Gasteiger partial charge in [-0.05, 0) is 189 Å². The van der Waals surface area contributed by atoms with Crippen LogP contribution in [0.1, 0.15) is 44.5 Å². The summed E-state index contributed by atoms with van der Waals surface area (Å²) >= 11 is 0. The summed E-state index contributed by atoms with van der Waals surface area (Å²) in [7, 11) is 0. The van der Waals surface area contributed by atoms with E-state index < -0.39 is 5.41 Å². The van der Waals surface area contributed by atoms with Crippen LogP contribution in [0, 0.1) is 45.3 Å². The molecule has 10 aromatic carbocycles. The van der Waals surface area contributed by atoms with Crippen LogP contribution in [0.15, 0.2) is 218 Å². The van der Waals surface area contributed by atoms with Crippen molar-refractivity contribution in [1.29, 1.82) is 21.0 Å². The minimum absolute atomic E-state index is 0.548. The van der Waals surface area contributed by atoms with Crippen LogP contribution in [-0.4, -0.2) is 0 Å². The van der Waals surface area contributed by atoms with Crippen molar-refractivity contribution in [3.05, 3.63) is 263 Å². The lowest BCUT2D eigenvalue weighted by molar-refractivity contribution is 0.436. The van der Waals surface area contributed by atoms with E-state index in [1.807, 2.05) is 109 Å². The van der Waals surface area contributed by atoms with Crippen LogP contribution in [-0.2, 0) is 5.41 Å². The van der Waals surface area contributed by atoms with Crippen molar-refractivity contribution >= 4 is 34.1 Å². The van der Waals surface area contributed by atoms with E-state index in [0.29, 0.717) is 22.3 Å². The second-order valence-corrected chi connectivity index (χ2v) is 18.1. The maximum Gasteiger partial charge on any atom is 0.132 e. The smallest absolute Gasteiger partial charge is 0.132 e. The number of hydrogen-bond acceptors (Lipinski definition) is 7. The minimum Gasteiger partial charge on any atom is -0.457 e. The van der Waals surface area contributed by atoms with Gasteiger partial charge in [0.1, 0.15) is 11.5 Å². The molecule has 0 saturated heterocycles. The zero-order valence-corrected chi connectivity index (χ0v) is 38.4. The van der Waals surface area contributed by atoms with Crippen LogP contribution < -0.4 is 14.5 Å². The number of benzene rings is 10. The fourth-order valence-corrected chi connectivity index (χ4v) is 11.3. The summed E-state index contributed by atoms with van der Waals surface area (Å²) in [4.78, 5) is 4.43. The molecule has 0 radical (unpaired) electrons. The molecule has 1 spiro atoms. The predicted octanol–water partition coefficient (Wildman–Crippen LogP) is 15.9. The first kappa shape index (κ1) is 41.7. The van der Waals surface area contributed by atoms with Crippen LogP contribution in [0.5, 0.6) is 11.5 Å². The van der Waals surface area contributed by atoms with Gasteiger partial charge in [-0.25, -0.2) is 0 Å². The Labute approximate surface area is 416 Å². The molecule has 10 aromatic rings. The van der Waals surface area contributed by atoms with Gasteiger partial charge in [0.25, 0.3) is 0 Å². The fourth-order valence-electron chi connectivity index (χ4n) is 11.3. The fraction of sp³-hybridized carbons (Fsp3) is 0.0154. The number of para-hydroxylation sites is 2. The van der Waals surface area contributed by atoms with Gasteiger partial charge in [0, 0.05) is 45.3 Å². The van der Waals surface area contributed by atoms with E-state index in [-0.39, 0.29) is 0 Å². The summed E-state index contributed by atoms with van der Waals surface area (Å²) in [5, 5.41) is 39.7. The molecule has 0 N–H and O–H groups in total. The normalized spacial score (nSPS) is 12.3. The van der Waals surface area contributed by atoms with Crippen LogP contribution in [0.2, 0.25) is 0 Å². The highest BCUT2D eigenvalue weighted by molar-refractivity contribution is 6.11. The van der Waals surface area contributed by atoms with Crippen molar-refractivity contribution in [1.82, 2.24) is 0 Å². The van der Waals surface area contributed by atoms with E-state index in [2.05, 4.69) is 143 Å². The molecule has 2 aliphatic carbocycles. The van der Waals surface area contributed by atoms with Crippen molar-refractivity contribution in [2.45, 2.75) is 5.41 Å². The van der Waals surface area contributed by atoms with E-state index in [4.69, 9.17) is 4.74 Å². The summed E-state index contributed by atoms with van der Waals surface area (Å²) in [5.41, 5.74) is 19.1. The molecular weight excluding hydrogens is 881 g/mol. The largest absolute Gasteiger partial charge is 0.457 e. The Morgan fingerprint density at radius 1 is 0.292 bits per heavy atom.